The van der Waals surface area contributed by atoms with E-state index < -0.39 is 5.97 Å². The highest BCUT2D eigenvalue weighted by atomic mass is 32.2. The lowest BCUT2D eigenvalue weighted by Crippen LogP contribution is -2.46. The number of hydrogen-bond acceptors (Lipinski definition) is 5. The number of hydrogen-bond donors (Lipinski definition) is 1. The van der Waals surface area contributed by atoms with Crippen molar-refractivity contribution in [2.24, 2.45) is 0 Å². The number of aryl methyl sites for hydroxylation is 1. The van der Waals surface area contributed by atoms with Gasteiger partial charge in [0.2, 0.25) is 6.79 Å². The zero-order chi connectivity index (χ0) is 24.4. The third kappa shape index (κ3) is 4.93. The Labute approximate surface area is 208 Å². The van der Waals surface area contributed by atoms with E-state index in [9.17, 15) is 14.7 Å². The average molecular weight is 491 g/mol. The van der Waals surface area contributed by atoms with Crippen molar-refractivity contribution < 1.29 is 24.2 Å². The molecule has 5 rings (SSSR count). The zero-order valence-electron chi connectivity index (χ0n) is 19.4. The van der Waals surface area contributed by atoms with Crippen molar-refractivity contribution in [1.82, 2.24) is 4.90 Å². The molecule has 0 saturated carbocycles. The molecule has 0 bridgehead atoms. The number of rotatable bonds is 5. The number of ether oxygens (including phenoxy) is 2. The van der Waals surface area contributed by atoms with E-state index in [0.717, 1.165) is 45.4 Å². The monoisotopic (exact) mass is 490 g/mol. The summed E-state index contributed by atoms with van der Waals surface area (Å²) in [6.45, 7) is 3.79. The Bertz CT molecular complexity index is 1250. The number of fused-ring (bicyclic) bond motifs is 1. The van der Waals surface area contributed by atoms with Gasteiger partial charge in [-0.25, -0.2) is 9.59 Å². The maximum Gasteiger partial charge on any atom is 0.335 e. The lowest BCUT2D eigenvalue weighted by atomic mass is 10.0. The molecule has 35 heavy (non-hydrogen) atoms. The minimum absolute atomic E-state index is 0.0407. The van der Waals surface area contributed by atoms with E-state index in [4.69, 9.17) is 9.47 Å². The number of aromatic carboxylic acids is 1. The number of amides is 2. The van der Waals surface area contributed by atoms with Gasteiger partial charge in [0.25, 0.3) is 0 Å². The number of urea groups is 1. The molecule has 0 aromatic heterocycles. The third-order valence-electron chi connectivity index (χ3n) is 6.26. The summed E-state index contributed by atoms with van der Waals surface area (Å²) in [4.78, 5) is 28.6. The van der Waals surface area contributed by atoms with Gasteiger partial charge < -0.3 is 19.5 Å². The number of benzene rings is 3. The fourth-order valence-corrected chi connectivity index (χ4v) is 5.25. The molecule has 2 amide bonds. The van der Waals surface area contributed by atoms with Gasteiger partial charge in [0.1, 0.15) is 0 Å². The number of carboxylic acids is 1. The van der Waals surface area contributed by atoms with Crippen LogP contribution in [0.5, 0.6) is 11.5 Å². The van der Waals surface area contributed by atoms with Gasteiger partial charge in [-0.05, 0) is 59.5 Å². The van der Waals surface area contributed by atoms with Crippen LogP contribution in [0.25, 0.3) is 11.1 Å². The molecule has 2 aliphatic heterocycles. The molecule has 3 aromatic rings. The van der Waals surface area contributed by atoms with Crippen LogP contribution in [-0.4, -0.2) is 53.4 Å². The third-order valence-corrected chi connectivity index (χ3v) is 7.20. The second-order valence-electron chi connectivity index (χ2n) is 8.54. The molecular weight excluding hydrogens is 464 g/mol. The highest BCUT2D eigenvalue weighted by Crippen LogP contribution is 2.36. The lowest BCUT2D eigenvalue weighted by Gasteiger charge is -2.33. The molecule has 1 saturated heterocycles. The highest BCUT2D eigenvalue weighted by Gasteiger charge is 2.25. The first-order valence-electron chi connectivity index (χ1n) is 11.5. The molecular formula is C27H26N2O5S. The first-order chi connectivity index (χ1) is 17.0. The van der Waals surface area contributed by atoms with Crippen LogP contribution in [0.15, 0.2) is 60.7 Å². The normalized spacial score (nSPS) is 14.6. The van der Waals surface area contributed by atoms with Gasteiger partial charge in [-0.1, -0.05) is 30.3 Å². The Morgan fingerprint density at radius 3 is 2.37 bits per heavy atom. The van der Waals surface area contributed by atoms with E-state index in [2.05, 4.69) is 0 Å². The second kappa shape index (κ2) is 9.92. The molecule has 180 valence electrons. The number of anilines is 1. The van der Waals surface area contributed by atoms with Crippen LogP contribution in [-0.2, 0) is 6.54 Å². The van der Waals surface area contributed by atoms with Gasteiger partial charge in [-0.15, -0.1) is 0 Å². The predicted molar refractivity (Wildman–Crippen MR) is 137 cm³/mol. The maximum atomic E-state index is 13.6. The molecule has 7 nitrogen and oxygen atoms in total. The minimum atomic E-state index is -0.952. The molecule has 2 heterocycles. The topological polar surface area (TPSA) is 79.3 Å². The molecule has 1 N–H and O–H groups in total. The van der Waals surface area contributed by atoms with Crippen molar-refractivity contribution in [3.63, 3.8) is 0 Å². The van der Waals surface area contributed by atoms with Gasteiger partial charge in [0.05, 0.1) is 12.1 Å². The fourth-order valence-electron chi connectivity index (χ4n) is 4.35. The van der Waals surface area contributed by atoms with Gasteiger partial charge in [0, 0.05) is 30.3 Å². The Hall–Kier alpha value is -3.65. The number of nitrogens with zero attached hydrogens (tertiary/aromatic N) is 2. The zero-order valence-corrected chi connectivity index (χ0v) is 20.2. The van der Waals surface area contributed by atoms with Gasteiger partial charge in [0.15, 0.2) is 11.5 Å². The van der Waals surface area contributed by atoms with E-state index in [1.165, 1.54) is 0 Å². The smallest absolute Gasteiger partial charge is 0.335 e. The Kier molecular flexibility index (Phi) is 6.55. The molecule has 0 spiro atoms. The summed E-state index contributed by atoms with van der Waals surface area (Å²) < 4.78 is 10.9. The molecule has 0 unspecified atom stereocenters. The molecule has 1 fully saturated rings. The summed E-state index contributed by atoms with van der Waals surface area (Å²) in [6, 6.07) is 18.9. The summed E-state index contributed by atoms with van der Waals surface area (Å²) in [5.41, 5.74) is 4.63. The molecule has 2 aliphatic rings. The fraction of sp³-hybridized carbons (Fsp3) is 0.259. The lowest BCUT2D eigenvalue weighted by molar-refractivity contribution is 0.0696. The summed E-state index contributed by atoms with van der Waals surface area (Å²) in [7, 11) is 0. The standard InChI is InChI=1S/C27H26N2O5S/c1-18-14-19(2-8-23(18)26(30)31)16-29(27(32)28-10-12-35-13-11-28)22-6-3-20(4-7-22)21-5-9-24-25(15-21)34-17-33-24/h2-9,14-15H,10-13,16-17H2,1H3,(H,30,31). The van der Waals surface area contributed by atoms with Crippen LogP contribution in [0.3, 0.4) is 0 Å². The van der Waals surface area contributed by atoms with Crippen molar-refractivity contribution in [1.29, 1.82) is 0 Å². The average Bonchev–Trinajstić information content (AvgIpc) is 3.35. The van der Waals surface area contributed by atoms with E-state index in [-0.39, 0.29) is 18.4 Å². The Morgan fingerprint density at radius 1 is 0.943 bits per heavy atom. The SMILES string of the molecule is Cc1cc(CN(C(=O)N2CCSCC2)c2ccc(-c3ccc4c(c3)OCO4)cc2)ccc1C(=O)O. The number of carbonyl (C=O) groups is 2. The molecule has 8 heteroatoms. The summed E-state index contributed by atoms with van der Waals surface area (Å²) in [5.74, 6) is 2.37. The van der Waals surface area contributed by atoms with Crippen molar-refractivity contribution in [3.05, 3.63) is 77.4 Å². The molecule has 0 aliphatic carbocycles. The van der Waals surface area contributed by atoms with Crippen LogP contribution in [0, 0.1) is 6.92 Å². The summed E-state index contributed by atoms with van der Waals surface area (Å²) >= 11 is 1.85. The van der Waals surface area contributed by atoms with Crippen LogP contribution < -0.4 is 14.4 Å². The summed E-state index contributed by atoms with van der Waals surface area (Å²) in [5, 5.41) is 9.36. The van der Waals surface area contributed by atoms with Crippen molar-refractivity contribution >= 4 is 29.4 Å². The van der Waals surface area contributed by atoms with Gasteiger partial charge in [-0.3, -0.25) is 4.90 Å². The highest BCUT2D eigenvalue weighted by molar-refractivity contribution is 7.99. The summed E-state index contributed by atoms with van der Waals surface area (Å²) in [6.07, 6.45) is 0. The second-order valence-corrected chi connectivity index (χ2v) is 9.76. The number of thioether (sulfide) groups is 1. The van der Waals surface area contributed by atoms with E-state index in [1.807, 2.05) is 65.2 Å². The number of carbonyl (C=O) groups excluding carboxylic acids is 1. The predicted octanol–water partition coefficient (Wildman–Crippen LogP) is 5.26. The van der Waals surface area contributed by atoms with Crippen molar-refractivity contribution in [2.45, 2.75) is 13.5 Å². The Balaban J connectivity index is 1.43. The van der Waals surface area contributed by atoms with E-state index in [1.54, 1.807) is 24.0 Å². The van der Waals surface area contributed by atoms with Crippen molar-refractivity contribution in [2.75, 3.05) is 36.3 Å². The largest absolute Gasteiger partial charge is 0.478 e. The first-order valence-corrected chi connectivity index (χ1v) is 12.6. The molecule has 0 radical (unpaired) electrons. The quantitative estimate of drug-likeness (QED) is 0.525. The van der Waals surface area contributed by atoms with E-state index in [0.29, 0.717) is 25.2 Å². The van der Waals surface area contributed by atoms with Crippen LogP contribution in [0.4, 0.5) is 10.5 Å². The molecule has 3 aromatic carbocycles. The minimum Gasteiger partial charge on any atom is -0.478 e. The Morgan fingerprint density at radius 2 is 1.66 bits per heavy atom. The van der Waals surface area contributed by atoms with Crippen LogP contribution in [0.2, 0.25) is 0 Å². The van der Waals surface area contributed by atoms with Crippen molar-refractivity contribution in [3.8, 4) is 22.6 Å². The maximum absolute atomic E-state index is 13.6. The van der Waals surface area contributed by atoms with Crippen LogP contribution >= 0.6 is 11.8 Å². The first kappa shape index (κ1) is 23.1. The van der Waals surface area contributed by atoms with Gasteiger partial charge >= 0.3 is 12.0 Å². The van der Waals surface area contributed by atoms with Crippen LogP contribution in [0.1, 0.15) is 21.5 Å². The van der Waals surface area contributed by atoms with E-state index >= 15 is 0 Å². The molecule has 0 atom stereocenters. The number of carboxylic acid groups (broad SMARTS) is 1. The van der Waals surface area contributed by atoms with Gasteiger partial charge in [-0.2, -0.15) is 11.8 Å².